The van der Waals surface area contributed by atoms with Crippen molar-refractivity contribution < 1.29 is 4.79 Å². The van der Waals surface area contributed by atoms with E-state index in [1.165, 1.54) is 10.6 Å². The first-order valence-electron chi connectivity index (χ1n) is 7.40. The number of nitrogens with zero attached hydrogens (tertiary/aromatic N) is 1. The molecule has 1 atom stereocenters. The zero-order valence-electron chi connectivity index (χ0n) is 13.6. The van der Waals surface area contributed by atoms with Gasteiger partial charge in [-0.3, -0.25) is 9.59 Å². The second-order valence-corrected chi connectivity index (χ2v) is 5.83. The van der Waals surface area contributed by atoms with E-state index in [1.54, 1.807) is 25.4 Å². The van der Waals surface area contributed by atoms with Gasteiger partial charge in [0.25, 0.3) is 5.56 Å². The third-order valence-electron chi connectivity index (χ3n) is 3.51. The quantitative estimate of drug-likeness (QED) is 0.822. The summed E-state index contributed by atoms with van der Waals surface area (Å²) < 4.78 is 1.53. The SMILES string of the molecule is CNCC(C)C(=O)Nc1ccc(=O)n(Cc2ccccc2Cl)c1.Cl. The first-order valence-corrected chi connectivity index (χ1v) is 7.78. The maximum atomic E-state index is 12.1. The minimum Gasteiger partial charge on any atom is -0.325 e. The van der Waals surface area contributed by atoms with E-state index in [1.807, 2.05) is 25.1 Å². The van der Waals surface area contributed by atoms with Crippen LogP contribution >= 0.6 is 24.0 Å². The van der Waals surface area contributed by atoms with Crippen molar-refractivity contribution in [1.82, 2.24) is 9.88 Å². The fourth-order valence-corrected chi connectivity index (χ4v) is 2.40. The minimum atomic E-state index is -0.163. The van der Waals surface area contributed by atoms with Crippen molar-refractivity contribution in [2.45, 2.75) is 13.5 Å². The van der Waals surface area contributed by atoms with Crippen LogP contribution in [-0.4, -0.2) is 24.1 Å². The molecule has 0 fully saturated rings. The van der Waals surface area contributed by atoms with Crippen LogP contribution in [0.4, 0.5) is 5.69 Å². The Hall–Kier alpha value is -1.82. The monoisotopic (exact) mass is 369 g/mol. The summed E-state index contributed by atoms with van der Waals surface area (Å²) >= 11 is 6.13. The van der Waals surface area contributed by atoms with E-state index in [0.717, 1.165) is 5.56 Å². The van der Waals surface area contributed by atoms with Crippen molar-refractivity contribution >= 4 is 35.6 Å². The molecular weight excluding hydrogens is 349 g/mol. The maximum absolute atomic E-state index is 12.1. The lowest BCUT2D eigenvalue weighted by Crippen LogP contribution is -2.29. The summed E-state index contributed by atoms with van der Waals surface area (Å²) in [5.41, 5.74) is 1.29. The van der Waals surface area contributed by atoms with Crippen molar-refractivity contribution in [2.75, 3.05) is 18.9 Å². The van der Waals surface area contributed by atoms with Crippen molar-refractivity contribution in [3.63, 3.8) is 0 Å². The number of carbonyl (C=O) groups is 1. The van der Waals surface area contributed by atoms with Crippen molar-refractivity contribution in [3.05, 3.63) is 63.5 Å². The fourth-order valence-electron chi connectivity index (χ4n) is 2.20. The summed E-state index contributed by atoms with van der Waals surface area (Å²) in [6.07, 6.45) is 1.63. The zero-order chi connectivity index (χ0) is 16.8. The number of anilines is 1. The molecule has 0 aliphatic rings. The molecule has 7 heteroatoms. The molecule has 0 aliphatic heterocycles. The number of rotatable bonds is 6. The predicted octanol–water partition coefficient (Wildman–Crippen LogP) is 2.77. The molecular formula is C17H21Cl2N3O2. The van der Waals surface area contributed by atoms with Crippen LogP contribution in [0.1, 0.15) is 12.5 Å². The first kappa shape index (κ1) is 20.2. The lowest BCUT2D eigenvalue weighted by molar-refractivity contribution is -0.119. The van der Waals surface area contributed by atoms with Gasteiger partial charge in [0, 0.05) is 29.7 Å². The Morgan fingerprint density at radius 1 is 1.25 bits per heavy atom. The van der Waals surface area contributed by atoms with E-state index in [-0.39, 0.29) is 29.8 Å². The van der Waals surface area contributed by atoms with Crippen LogP contribution in [0.5, 0.6) is 0 Å². The molecule has 0 saturated carbocycles. The summed E-state index contributed by atoms with van der Waals surface area (Å²) in [6, 6.07) is 10.4. The Morgan fingerprint density at radius 2 is 1.96 bits per heavy atom. The van der Waals surface area contributed by atoms with Crippen LogP contribution in [0.15, 0.2) is 47.4 Å². The molecule has 0 aliphatic carbocycles. The normalized spacial score (nSPS) is 11.5. The Kier molecular flexibility index (Phi) is 7.98. The van der Waals surface area contributed by atoms with Gasteiger partial charge in [0.1, 0.15) is 0 Å². The smallest absolute Gasteiger partial charge is 0.250 e. The van der Waals surface area contributed by atoms with Crippen LogP contribution < -0.4 is 16.2 Å². The highest BCUT2D eigenvalue weighted by molar-refractivity contribution is 6.31. The van der Waals surface area contributed by atoms with E-state index in [0.29, 0.717) is 23.8 Å². The van der Waals surface area contributed by atoms with Crippen molar-refractivity contribution in [1.29, 1.82) is 0 Å². The van der Waals surface area contributed by atoms with Gasteiger partial charge >= 0.3 is 0 Å². The fraction of sp³-hybridized carbons (Fsp3) is 0.294. The highest BCUT2D eigenvalue weighted by Crippen LogP contribution is 2.16. The van der Waals surface area contributed by atoms with E-state index < -0.39 is 0 Å². The number of aromatic nitrogens is 1. The first-order chi connectivity index (χ1) is 11.0. The Morgan fingerprint density at radius 3 is 2.62 bits per heavy atom. The number of benzene rings is 1. The number of hydrogen-bond acceptors (Lipinski definition) is 3. The average molecular weight is 370 g/mol. The lowest BCUT2D eigenvalue weighted by atomic mass is 10.1. The molecule has 0 radical (unpaired) electrons. The molecule has 1 aromatic carbocycles. The average Bonchev–Trinajstić information content (AvgIpc) is 2.53. The van der Waals surface area contributed by atoms with Gasteiger partial charge in [-0.15, -0.1) is 12.4 Å². The Labute approximate surface area is 152 Å². The second kappa shape index (κ2) is 9.47. The van der Waals surface area contributed by atoms with Crippen LogP contribution in [0.2, 0.25) is 5.02 Å². The maximum Gasteiger partial charge on any atom is 0.250 e. The molecule has 0 bridgehead atoms. The van der Waals surface area contributed by atoms with Crippen molar-refractivity contribution in [3.8, 4) is 0 Å². The Bertz CT molecular complexity index is 747. The standard InChI is InChI=1S/C17H20ClN3O2.ClH/c1-12(9-19-2)17(23)20-14-7-8-16(22)21(11-14)10-13-5-3-4-6-15(13)18;/h3-8,11-12,19H,9-10H2,1-2H3,(H,20,23);1H. The highest BCUT2D eigenvalue weighted by Gasteiger charge is 2.12. The van der Waals surface area contributed by atoms with Crippen molar-refractivity contribution in [2.24, 2.45) is 5.92 Å². The third kappa shape index (κ3) is 5.37. The second-order valence-electron chi connectivity index (χ2n) is 5.42. The van der Waals surface area contributed by atoms with Gasteiger partial charge in [-0.2, -0.15) is 0 Å². The van der Waals surface area contributed by atoms with E-state index in [9.17, 15) is 9.59 Å². The number of carbonyl (C=O) groups excluding carboxylic acids is 1. The summed E-state index contributed by atoms with van der Waals surface area (Å²) in [6.45, 7) is 2.78. The van der Waals surface area contributed by atoms with Gasteiger partial charge in [0.2, 0.25) is 5.91 Å². The van der Waals surface area contributed by atoms with Gasteiger partial charge in [-0.05, 0) is 24.7 Å². The van der Waals surface area contributed by atoms with E-state index in [2.05, 4.69) is 10.6 Å². The topological polar surface area (TPSA) is 63.1 Å². The van der Waals surface area contributed by atoms with Gasteiger partial charge in [0.15, 0.2) is 0 Å². The number of nitrogens with one attached hydrogen (secondary N) is 2. The highest BCUT2D eigenvalue weighted by atomic mass is 35.5. The molecule has 1 amide bonds. The molecule has 1 aromatic heterocycles. The molecule has 2 N–H and O–H groups in total. The van der Waals surface area contributed by atoms with E-state index >= 15 is 0 Å². The largest absolute Gasteiger partial charge is 0.325 e. The molecule has 2 rings (SSSR count). The van der Waals surface area contributed by atoms with E-state index in [4.69, 9.17) is 11.6 Å². The summed E-state index contributed by atoms with van der Waals surface area (Å²) in [5, 5.41) is 6.39. The predicted molar refractivity (Wildman–Crippen MR) is 100 cm³/mol. The summed E-state index contributed by atoms with van der Waals surface area (Å²) in [4.78, 5) is 24.1. The van der Waals surface area contributed by atoms with Crippen LogP contribution in [0, 0.1) is 5.92 Å². The Balaban J connectivity index is 0.00000288. The molecule has 1 unspecified atom stereocenters. The number of hydrogen-bond donors (Lipinski definition) is 2. The molecule has 1 heterocycles. The molecule has 24 heavy (non-hydrogen) atoms. The molecule has 2 aromatic rings. The lowest BCUT2D eigenvalue weighted by Gasteiger charge is -2.13. The minimum absolute atomic E-state index is 0. The summed E-state index contributed by atoms with van der Waals surface area (Å²) in [5.74, 6) is -0.258. The van der Waals surface area contributed by atoms with Gasteiger partial charge in [-0.1, -0.05) is 36.7 Å². The number of halogens is 2. The van der Waals surface area contributed by atoms with Crippen LogP contribution in [-0.2, 0) is 11.3 Å². The number of pyridine rings is 1. The van der Waals surface area contributed by atoms with Gasteiger partial charge in [-0.25, -0.2) is 0 Å². The molecule has 0 spiro atoms. The zero-order valence-corrected chi connectivity index (χ0v) is 15.2. The number of amides is 1. The van der Waals surface area contributed by atoms with Crippen LogP contribution in [0.3, 0.4) is 0 Å². The molecule has 5 nitrogen and oxygen atoms in total. The van der Waals surface area contributed by atoms with Gasteiger partial charge in [0.05, 0.1) is 12.2 Å². The molecule has 0 saturated heterocycles. The van der Waals surface area contributed by atoms with Crippen LogP contribution in [0.25, 0.3) is 0 Å². The van der Waals surface area contributed by atoms with Gasteiger partial charge < -0.3 is 15.2 Å². The third-order valence-corrected chi connectivity index (χ3v) is 3.88. The summed E-state index contributed by atoms with van der Waals surface area (Å²) in [7, 11) is 1.80. The molecule has 130 valence electrons.